The van der Waals surface area contributed by atoms with E-state index in [2.05, 4.69) is 36.5 Å². The first-order valence-corrected chi connectivity index (χ1v) is 8.53. The van der Waals surface area contributed by atoms with Crippen molar-refractivity contribution in [1.82, 2.24) is 9.97 Å². The van der Waals surface area contributed by atoms with Gasteiger partial charge in [0, 0.05) is 11.6 Å². The smallest absolute Gasteiger partial charge is 0.275 e. The minimum Gasteiger partial charge on any atom is -0.321 e. The van der Waals surface area contributed by atoms with Gasteiger partial charge in [-0.05, 0) is 40.2 Å². The highest BCUT2D eigenvalue weighted by Gasteiger charge is 2.16. The molecule has 0 aliphatic rings. The first-order valence-electron chi connectivity index (χ1n) is 6.86. The fourth-order valence-electron chi connectivity index (χ4n) is 1.97. The van der Waals surface area contributed by atoms with Crippen molar-refractivity contribution in [2.24, 2.45) is 0 Å². The molecule has 0 aliphatic carbocycles. The van der Waals surface area contributed by atoms with E-state index in [1.165, 1.54) is 11.3 Å². The van der Waals surface area contributed by atoms with Crippen LogP contribution in [0.25, 0.3) is 0 Å². The van der Waals surface area contributed by atoms with Crippen molar-refractivity contribution >= 4 is 50.5 Å². The number of carbonyl (C=O) groups excluding carboxylic acids is 2. The lowest BCUT2D eigenvalue weighted by atomic mass is 10.1. The number of thiazole rings is 1. The number of aromatic nitrogens is 2. The first-order chi connectivity index (χ1) is 11.6. The minimum atomic E-state index is -0.376. The van der Waals surface area contributed by atoms with Gasteiger partial charge in [-0.3, -0.25) is 14.6 Å². The summed E-state index contributed by atoms with van der Waals surface area (Å²) in [5.41, 5.74) is 1.62. The second-order valence-electron chi connectivity index (χ2n) is 4.68. The molecule has 6 nitrogen and oxygen atoms in total. The number of anilines is 2. The predicted molar refractivity (Wildman–Crippen MR) is 96.4 cm³/mol. The number of hydrogen-bond acceptors (Lipinski definition) is 5. The van der Waals surface area contributed by atoms with E-state index in [1.807, 2.05) is 0 Å². The molecule has 24 heavy (non-hydrogen) atoms. The van der Waals surface area contributed by atoms with Crippen LogP contribution in [0.1, 0.15) is 20.8 Å². The Morgan fingerprint density at radius 1 is 1.04 bits per heavy atom. The number of carbonyl (C=O) groups is 2. The quantitative estimate of drug-likeness (QED) is 0.694. The molecule has 0 atom stereocenters. The van der Waals surface area contributed by atoms with E-state index in [4.69, 9.17) is 0 Å². The second kappa shape index (κ2) is 7.33. The first kappa shape index (κ1) is 16.3. The lowest BCUT2D eigenvalue weighted by molar-refractivity contribution is 0.102. The molecule has 120 valence electrons. The molecule has 0 spiro atoms. The van der Waals surface area contributed by atoms with Crippen LogP contribution in [0.15, 0.2) is 58.1 Å². The van der Waals surface area contributed by atoms with E-state index in [0.29, 0.717) is 20.9 Å². The molecule has 0 radical (unpaired) electrons. The molecule has 0 fully saturated rings. The summed E-state index contributed by atoms with van der Waals surface area (Å²) in [6.07, 6.45) is 3.17. The molecule has 0 aliphatic heterocycles. The lowest BCUT2D eigenvalue weighted by Crippen LogP contribution is -2.18. The molecule has 8 heteroatoms. The summed E-state index contributed by atoms with van der Waals surface area (Å²) < 4.78 is 0.621. The van der Waals surface area contributed by atoms with E-state index < -0.39 is 0 Å². The summed E-state index contributed by atoms with van der Waals surface area (Å²) in [4.78, 5) is 32.7. The van der Waals surface area contributed by atoms with E-state index >= 15 is 0 Å². The Balaban J connectivity index is 1.80. The van der Waals surface area contributed by atoms with Crippen molar-refractivity contribution in [3.8, 4) is 0 Å². The number of nitrogens with one attached hydrogen (secondary N) is 2. The van der Waals surface area contributed by atoms with Crippen molar-refractivity contribution in [2.45, 2.75) is 0 Å². The molecule has 2 amide bonds. The van der Waals surface area contributed by atoms with Gasteiger partial charge in [-0.25, -0.2) is 4.98 Å². The van der Waals surface area contributed by atoms with Crippen molar-refractivity contribution in [3.05, 3.63) is 69.3 Å². The van der Waals surface area contributed by atoms with Crippen LogP contribution in [-0.2, 0) is 0 Å². The normalized spacial score (nSPS) is 10.2. The Morgan fingerprint density at radius 3 is 2.58 bits per heavy atom. The molecule has 3 aromatic rings. The molecule has 0 saturated carbocycles. The second-order valence-corrected chi connectivity index (χ2v) is 6.82. The van der Waals surface area contributed by atoms with E-state index in [0.717, 1.165) is 0 Å². The van der Waals surface area contributed by atoms with Crippen LogP contribution in [0.5, 0.6) is 0 Å². The van der Waals surface area contributed by atoms with E-state index in [9.17, 15) is 9.59 Å². The summed E-state index contributed by atoms with van der Waals surface area (Å²) in [5.74, 6) is -0.711. The molecule has 0 saturated heterocycles. The fourth-order valence-corrected chi connectivity index (χ4v) is 2.96. The number of hydrogen-bond donors (Lipinski definition) is 2. The van der Waals surface area contributed by atoms with Gasteiger partial charge in [-0.1, -0.05) is 12.1 Å². The van der Waals surface area contributed by atoms with Crippen molar-refractivity contribution in [3.63, 3.8) is 0 Å². The third-order valence-electron chi connectivity index (χ3n) is 3.05. The number of pyridine rings is 1. The molecule has 3 rings (SSSR count). The lowest BCUT2D eigenvalue weighted by Gasteiger charge is -2.10. The van der Waals surface area contributed by atoms with Gasteiger partial charge in [0.1, 0.15) is 5.69 Å². The summed E-state index contributed by atoms with van der Waals surface area (Å²) in [5, 5.41) is 7.09. The summed E-state index contributed by atoms with van der Waals surface area (Å²) in [6, 6.07) is 10.2. The molecule has 2 heterocycles. The Labute approximate surface area is 150 Å². The van der Waals surface area contributed by atoms with Gasteiger partial charge in [0.25, 0.3) is 11.8 Å². The van der Waals surface area contributed by atoms with Gasteiger partial charge in [0.05, 0.1) is 23.1 Å². The summed E-state index contributed by atoms with van der Waals surface area (Å²) in [6.45, 7) is 0. The minimum absolute atomic E-state index is 0.286. The number of para-hydroxylation sites is 1. The maximum Gasteiger partial charge on any atom is 0.275 e. The highest BCUT2D eigenvalue weighted by Crippen LogP contribution is 2.20. The van der Waals surface area contributed by atoms with Crippen molar-refractivity contribution in [2.75, 3.05) is 10.6 Å². The highest BCUT2D eigenvalue weighted by atomic mass is 79.9. The Kier molecular flexibility index (Phi) is 4.97. The third kappa shape index (κ3) is 3.84. The van der Waals surface area contributed by atoms with Crippen LogP contribution in [0, 0.1) is 0 Å². The number of rotatable bonds is 4. The van der Waals surface area contributed by atoms with Crippen molar-refractivity contribution < 1.29 is 9.59 Å². The number of amides is 2. The van der Waals surface area contributed by atoms with Crippen LogP contribution in [0.4, 0.5) is 11.4 Å². The molecular formula is C16H11BrN4O2S. The Morgan fingerprint density at radius 2 is 1.88 bits per heavy atom. The summed E-state index contributed by atoms with van der Waals surface area (Å²) in [7, 11) is 0. The fraction of sp³-hybridized carbons (Fsp3) is 0. The monoisotopic (exact) mass is 402 g/mol. The Bertz CT molecular complexity index is 883. The van der Waals surface area contributed by atoms with Gasteiger partial charge < -0.3 is 10.6 Å². The van der Waals surface area contributed by atoms with E-state index in [-0.39, 0.29) is 17.5 Å². The molecule has 2 aromatic heterocycles. The molecule has 1 aromatic carbocycles. The zero-order chi connectivity index (χ0) is 16.9. The zero-order valence-corrected chi connectivity index (χ0v) is 14.6. The van der Waals surface area contributed by atoms with Crippen LogP contribution >= 0.6 is 27.3 Å². The van der Waals surface area contributed by atoms with Crippen LogP contribution < -0.4 is 10.6 Å². The Hall–Kier alpha value is -2.58. The predicted octanol–water partition coefficient (Wildman–Crippen LogP) is 3.81. The topological polar surface area (TPSA) is 84.0 Å². The van der Waals surface area contributed by atoms with E-state index in [1.54, 1.807) is 54.2 Å². The van der Waals surface area contributed by atoms with Crippen LogP contribution in [0.2, 0.25) is 0 Å². The average Bonchev–Trinajstić information content (AvgIpc) is 3.03. The largest absolute Gasteiger partial charge is 0.321 e. The number of nitrogens with zero attached hydrogens (tertiary/aromatic N) is 2. The molecule has 0 bridgehead atoms. The highest BCUT2D eigenvalue weighted by molar-refractivity contribution is 9.11. The molecular weight excluding hydrogens is 392 g/mol. The SMILES string of the molecule is O=C(Nc1ccccc1C(=O)Nc1cccnc1)c1csc(Br)n1. The number of benzene rings is 1. The number of halogens is 1. The van der Waals surface area contributed by atoms with Gasteiger partial charge in [0.15, 0.2) is 3.92 Å². The van der Waals surface area contributed by atoms with Gasteiger partial charge in [0.2, 0.25) is 0 Å². The van der Waals surface area contributed by atoms with Crippen LogP contribution in [0.3, 0.4) is 0 Å². The summed E-state index contributed by atoms with van der Waals surface area (Å²) >= 11 is 4.53. The van der Waals surface area contributed by atoms with Gasteiger partial charge in [-0.15, -0.1) is 11.3 Å². The zero-order valence-electron chi connectivity index (χ0n) is 12.2. The maximum absolute atomic E-state index is 12.4. The molecule has 2 N–H and O–H groups in total. The van der Waals surface area contributed by atoms with Gasteiger partial charge >= 0.3 is 0 Å². The maximum atomic E-state index is 12.4. The third-order valence-corrected chi connectivity index (χ3v) is 4.41. The standard InChI is InChI=1S/C16H11BrN4O2S/c17-16-21-13(9-24-16)15(23)20-12-6-2-1-5-11(12)14(22)19-10-4-3-7-18-8-10/h1-9H,(H,19,22)(H,20,23). The average molecular weight is 403 g/mol. The van der Waals surface area contributed by atoms with Gasteiger partial charge in [-0.2, -0.15) is 0 Å². The molecule has 0 unspecified atom stereocenters. The van der Waals surface area contributed by atoms with Crippen molar-refractivity contribution in [1.29, 1.82) is 0 Å². The van der Waals surface area contributed by atoms with Crippen LogP contribution in [-0.4, -0.2) is 21.8 Å².